The van der Waals surface area contributed by atoms with Crippen LogP contribution in [0.25, 0.3) is 0 Å². The number of aryl methyl sites for hydroxylation is 2. The van der Waals surface area contributed by atoms with Crippen molar-refractivity contribution in [2.45, 2.75) is 27.3 Å². The van der Waals surface area contributed by atoms with Gasteiger partial charge in [0.2, 0.25) is 10.0 Å². The Morgan fingerprint density at radius 3 is 2.16 bits per heavy atom. The molecule has 0 aliphatic heterocycles. The normalized spacial score (nSPS) is 11.2. The third-order valence-corrected chi connectivity index (χ3v) is 7.12. The maximum absolute atomic E-state index is 12.8. The highest BCUT2D eigenvalue weighted by Gasteiger charge is 2.21. The fraction of sp³-hybridized carbons (Fsp3) is 0.208. The van der Waals surface area contributed by atoms with Crippen LogP contribution in [0, 0.1) is 13.8 Å². The standard InChI is InChI=1S/C24H25ClN2O3S/c1-4-31(29,30)27(23-14-5-17(2)18(3)15-23)16-19-6-12-22(13-7-19)26-24(28)20-8-10-21(25)11-9-20/h5-15H,4,16H2,1-3H3,(H,26,28). The minimum atomic E-state index is -3.46. The Hall–Kier alpha value is -2.83. The molecule has 3 aromatic carbocycles. The maximum Gasteiger partial charge on any atom is 0.255 e. The van der Waals surface area contributed by atoms with Gasteiger partial charge < -0.3 is 5.32 Å². The fourth-order valence-electron chi connectivity index (χ4n) is 3.05. The molecule has 0 radical (unpaired) electrons. The van der Waals surface area contributed by atoms with Crippen molar-refractivity contribution in [1.29, 1.82) is 0 Å². The average molecular weight is 457 g/mol. The molecular formula is C24H25ClN2O3S. The van der Waals surface area contributed by atoms with E-state index in [9.17, 15) is 13.2 Å². The molecule has 1 N–H and O–H groups in total. The number of rotatable bonds is 7. The van der Waals surface area contributed by atoms with Crippen molar-refractivity contribution >= 4 is 38.9 Å². The Kier molecular flexibility index (Phi) is 7.03. The molecule has 0 fully saturated rings. The van der Waals surface area contributed by atoms with E-state index in [1.807, 2.05) is 44.2 Å². The van der Waals surface area contributed by atoms with Crippen molar-refractivity contribution in [1.82, 2.24) is 0 Å². The molecule has 0 atom stereocenters. The molecule has 0 heterocycles. The second-order valence-electron chi connectivity index (χ2n) is 7.33. The molecule has 0 unspecified atom stereocenters. The lowest BCUT2D eigenvalue weighted by Crippen LogP contribution is -2.32. The first-order valence-corrected chi connectivity index (χ1v) is 11.9. The number of carbonyl (C=O) groups excluding carboxylic acids is 1. The number of halogens is 1. The molecule has 0 spiro atoms. The highest BCUT2D eigenvalue weighted by molar-refractivity contribution is 7.92. The van der Waals surface area contributed by atoms with E-state index in [4.69, 9.17) is 11.6 Å². The van der Waals surface area contributed by atoms with Gasteiger partial charge in [-0.3, -0.25) is 9.10 Å². The van der Waals surface area contributed by atoms with E-state index in [0.717, 1.165) is 16.7 Å². The zero-order valence-corrected chi connectivity index (χ0v) is 19.3. The van der Waals surface area contributed by atoms with Crippen LogP contribution in [0.5, 0.6) is 0 Å². The summed E-state index contributed by atoms with van der Waals surface area (Å²) in [7, 11) is -3.46. The summed E-state index contributed by atoms with van der Waals surface area (Å²) in [6.45, 7) is 5.81. The summed E-state index contributed by atoms with van der Waals surface area (Å²) in [4.78, 5) is 12.4. The number of amides is 1. The Labute approximate surface area is 188 Å². The molecule has 3 aromatic rings. The molecule has 0 aliphatic rings. The number of nitrogens with one attached hydrogen (secondary N) is 1. The Morgan fingerprint density at radius 2 is 1.58 bits per heavy atom. The number of sulfonamides is 1. The van der Waals surface area contributed by atoms with Crippen LogP contribution in [0.3, 0.4) is 0 Å². The Balaban J connectivity index is 1.78. The van der Waals surface area contributed by atoms with Crippen molar-refractivity contribution < 1.29 is 13.2 Å². The van der Waals surface area contributed by atoms with Gasteiger partial charge in [0.25, 0.3) is 5.91 Å². The molecule has 0 saturated carbocycles. The van der Waals surface area contributed by atoms with Crippen molar-refractivity contribution in [3.63, 3.8) is 0 Å². The number of hydrogen-bond donors (Lipinski definition) is 1. The third-order valence-electron chi connectivity index (χ3n) is 5.12. The van der Waals surface area contributed by atoms with Crippen LogP contribution >= 0.6 is 11.6 Å². The van der Waals surface area contributed by atoms with Gasteiger partial charge in [-0.2, -0.15) is 0 Å². The van der Waals surface area contributed by atoms with Crippen LogP contribution in [0.1, 0.15) is 34.0 Å². The molecule has 31 heavy (non-hydrogen) atoms. The van der Waals surface area contributed by atoms with Crippen LogP contribution in [0.15, 0.2) is 66.7 Å². The number of carbonyl (C=O) groups is 1. The number of nitrogens with zero attached hydrogens (tertiary/aromatic N) is 1. The van der Waals surface area contributed by atoms with Gasteiger partial charge in [0.15, 0.2) is 0 Å². The molecule has 0 bridgehead atoms. The summed E-state index contributed by atoms with van der Waals surface area (Å²) < 4.78 is 26.9. The Morgan fingerprint density at radius 1 is 0.935 bits per heavy atom. The summed E-state index contributed by atoms with van der Waals surface area (Å²) in [5.41, 5.74) is 4.74. The predicted molar refractivity (Wildman–Crippen MR) is 127 cm³/mol. The fourth-order valence-corrected chi connectivity index (χ4v) is 4.27. The first-order chi connectivity index (χ1) is 14.7. The Bertz CT molecular complexity index is 1170. The van der Waals surface area contributed by atoms with E-state index in [1.54, 1.807) is 43.3 Å². The van der Waals surface area contributed by atoms with Crippen LogP contribution in [-0.2, 0) is 16.6 Å². The zero-order valence-electron chi connectivity index (χ0n) is 17.7. The second-order valence-corrected chi connectivity index (χ2v) is 9.95. The first-order valence-electron chi connectivity index (χ1n) is 9.93. The van der Waals surface area contributed by atoms with Crippen molar-refractivity contribution in [2.75, 3.05) is 15.4 Å². The van der Waals surface area contributed by atoms with Gasteiger partial charge in [0.05, 0.1) is 18.0 Å². The van der Waals surface area contributed by atoms with E-state index in [0.29, 0.717) is 22.0 Å². The molecule has 1 amide bonds. The number of anilines is 2. The van der Waals surface area contributed by atoms with E-state index >= 15 is 0 Å². The number of benzene rings is 3. The summed E-state index contributed by atoms with van der Waals surface area (Å²) in [5.74, 6) is -0.232. The summed E-state index contributed by atoms with van der Waals surface area (Å²) >= 11 is 5.86. The lowest BCUT2D eigenvalue weighted by atomic mass is 10.1. The van der Waals surface area contributed by atoms with Crippen molar-refractivity contribution in [3.05, 3.63) is 94.0 Å². The molecule has 7 heteroatoms. The van der Waals surface area contributed by atoms with Gasteiger partial charge in [-0.15, -0.1) is 0 Å². The summed E-state index contributed by atoms with van der Waals surface area (Å²) in [6, 6.07) is 19.4. The van der Waals surface area contributed by atoms with E-state index in [2.05, 4.69) is 5.32 Å². The minimum Gasteiger partial charge on any atom is -0.322 e. The van der Waals surface area contributed by atoms with E-state index in [-0.39, 0.29) is 18.2 Å². The van der Waals surface area contributed by atoms with Gasteiger partial charge in [-0.1, -0.05) is 29.8 Å². The van der Waals surface area contributed by atoms with Gasteiger partial charge >= 0.3 is 0 Å². The second kappa shape index (κ2) is 9.54. The van der Waals surface area contributed by atoms with Gasteiger partial charge in [-0.25, -0.2) is 8.42 Å². The molecule has 3 rings (SSSR count). The smallest absolute Gasteiger partial charge is 0.255 e. The van der Waals surface area contributed by atoms with Crippen LogP contribution in [0.2, 0.25) is 5.02 Å². The highest BCUT2D eigenvalue weighted by Crippen LogP contribution is 2.25. The topological polar surface area (TPSA) is 66.5 Å². The third kappa shape index (κ3) is 5.66. The lowest BCUT2D eigenvalue weighted by Gasteiger charge is -2.25. The maximum atomic E-state index is 12.8. The van der Waals surface area contributed by atoms with Crippen molar-refractivity contribution in [2.24, 2.45) is 0 Å². The summed E-state index contributed by atoms with van der Waals surface area (Å²) in [6.07, 6.45) is 0. The van der Waals surface area contributed by atoms with E-state index in [1.165, 1.54) is 4.31 Å². The molecule has 0 saturated heterocycles. The van der Waals surface area contributed by atoms with Gasteiger partial charge in [0.1, 0.15) is 0 Å². The monoisotopic (exact) mass is 456 g/mol. The first kappa shape index (κ1) is 22.8. The quantitative estimate of drug-likeness (QED) is 0.505. The minimum absolute atomic E-state index is 0.00908. The molecule has 0 aliphatic carbocycles. The SMILES string of the molecule is CCS(=O)(=O)N(Cc1ccc(NC(=O)c2ccc(Cl)cc2)cc1)c1ccc(C)c(C)c1. The molecular weight excluding hydrogens is 432 g/mol. The zero-order chi connectivity index (χ0) is 22.6. The largest absolute Gasteiger partial charge is 0.322 e. The van der Waals surface area contributed by atoms with Crippen molar-refractivity contribution in [3.8, 4) is 0 Å². The highest BCUT2D eigenvalue weighted by atomic mass is 35.5. The van der Waals surface area contributed by atoms with Gasteiger partial charge in [0, 0.05) is 16.3 Å². The van der Waals surface area contributed by atoms with Crippen LogP contribution < -0.4 is 9.62 Å². The lowest BCUT2D eigenvalue weighted by molar-refractivity contribution is 0.102. The van der Waals surface area contributed by atoms with Gasteiger partial charge in [-0.05, 0) is 86.0 Å². The molecule has 162 valence electrons. The average Bonchev–Trinajstić information content (AvgIpc) is 2.75. The molecule has 5 nitrogen and oxygen atoms in total. The van der Waals surface area contributed by atoms with E-state index < -0.39 is 10.0 Å². The summed E-state index contributed by atoms with van der Waals surface area (Å²) in [5, 5.41) is 3.40. The predicted octanol–water partition coefficient (Wildman–Crippen LogP) is 5.57. The number of hydrogen-bond acceptors (Lipinski definition) is 3. The van der Waals surface area contributed by atoms with Crippen LogP contribution in [-0.4, -0.2) is 20.1 Å². The van der Waals surface area contributed by atoms with Crippen LogP contribution in [0.4, 0.5) is 11.4 Å². The molecule has 0 aromatic heterocycles.